The Morgan fingerprint density at radius 2 is 0.677 bits per heavy atom. The summed E-state index contributed by atoms with van der Waals surface area (Å²) in [5.74, 6) is 0. The van der Waals surface area contributed by atoms with E-state index in [-0.39, 0.29) is 46.2 Å². The summed E-state index contributed by atoms with van der Waals surface area (Å²) in [5.41, 5.74) is 5.59. The largest absolute Gasteiger partial charge is 0.387 e. The van der Waals surface area contributed by atoms with Crippen molar-refractivity contribution >= 4 is 0 Å². The molecule has 0 aliphatic carbocycles. The van der Waals surface area contributed by atoms with Crippen LogP contribution >= 0.6 is 0 Å². The van der Waals surface area contributed by atoms with Crippen molar-refractivity contribution in [3.8, 4) is 0 Å². The SMILES string of the molecule is O[C@H]1[C@H](OCc2ccccc2)[C@@H](OCc2ccccc2)[C@@H](O[C@@H]2[C@H](OCc3ccccc3)[C@@H](OCc3ccccc3)[C@@H](O)O[C@@H]2COCc2ccccc2)O[C@@H]1COCc1ccccc1. The number of benzene rings is 6. The zero-order valence-corrected chi connectivity index (χ0v) is 36.3. The first kappa shape index (κ1) is 46.4. The third-order valence-electron chi connectivity index (χ3n) is 11.4. The number of hydrogen-bond acceptors (Lipinski definition) is 11. The minimum atomic E-state index is -1.41. The average Bonchev–Trinajstić information content (AvgIpc) is 3.35. The molecule has 0 unspecified atom stereocenters. The lowest BCUT2D eigenvalue weighted by Crippen LogP contribution is -2.66. The molecular weight excluding hydrogens is 825 g/mol. The first-order valence-electron chi connectivity index (χ1n) is 22.3. The van der Waals surface area contributed by atoms with Crippen LogP contribution in [-0.2, 0) is 82.3 Å². The van der Waals surface area contributed by atoms with Crippen LogP contribution < -0.4 is 0 Å². The maximum Gasteiger partial charge on any atom is 0.187 e. The maximum atomic E-state index is 12.2. The molecule has 65 heavy (non-hydrogen) atoms. The predicted octanol–water partition coefficient (Wildman–Crippen LogP) is 7.95. The molecule has 0 aromatic heterocycles. The lowest BCUT2D eigenvalue weighted by Gasteiger charge is -2.49. The van der Waals surface area contributed by atoms with Crippen LogP contribution in [0.3, 0.4) is 0 Å². The Kier molecular flexibility index (Phi) is 17.4. The minimum Gasteiger partial charge on any atom is -0.387 e. The van der Waals surface area contributed by atoms with E-state index in [4.69, 9.17) is 42.6 Å². The zero-order valence-electron chi connectivity index (χ0n) is 36.3. The van der Waals surface area contributed by atoms with E-state index in [9.17, 15) is 10.2 Å². The van der Waals surface area contributed by atoms with E-state index in [0.29, 0.717) is 6.61 Å². The standard InChI is InChI=1S/C54H58O11/c55-47-45(37-57-31-39-19-7-1-8-20-39)64-54(52(62-36-44-29-17-6-18-30-44)49(47)59-33-41-23-11-3-12-24-41)65-48-46(38-58-32-40-21-9-2-10-22-40)63-53(56)51(61-35-43-27-15-5-16-28-43)50(48)60-34-42-25-13-4-14-26-42/h1-30,45-56H,31-38H2/t45-,46-,47-,48+,49+,50+,51-,52-,53+,54-/m1/s1. The molecular formula is C54H58O11. The molecule has 2 aliphatic rings. The fourth-order valence-corrected chi connectivity index (χ4v) is 8.02. The summed E-state index contributed by atoms with van der Waals surface area (Å²) in [6.45, 7) is 1.34. The molecule has 340 valence electrons. The molecule has 2 fully saturated rings. The molecule has 0 bridgehead atoms. The molecule has 0 spiro atoms. The van der Waals surface area contributed by atoms with Gasteiger partial charge in [-0.1, -0.05) is 182 Å². The van der Waals surface area contributed by atoms with Crippen LogP contribution in [0.25, 0.3) is 0 Å². The normalized spacial score (nSPS) is 25.6. The van der Waals surface area contributed by atoms with Gasteiger partial charge in [-0.2, -0.15) is 0 Å². The van der Waals surface area contributed by atoms with Crippen LogP contribution in [0.2, 0.25) is 0 Å². The Bertz CT molecular complexity index is 2210. The van der Waals surface area contributed by atoms with E-state index in [1.54, 1.807) is 0 Å². The fraction of sp³-hybridized carbons (Fsp3) is 0.333. The van der Waals surface area contributed by atoms with Gasteiger partial charge in [0.1, 0.15) is 48.8 Å². The molecule has 2 aliphatic heterocycles. The van der Waals surface area contributed by atoms with Gasteiger partial charge in [0.05, 0.1) is 52.9 Å². The second-order valence-corrected chi connectivity index (χ2v) is 16.2. The summed E-state index contributed by atoms with van der Waals surface area (Å²) in [4.78, 5) is 0. The third kappa shape index (κ3) is 13.5. The highest BCUT2D eigenvalue weighted by Gasteiger charge is 2.53. The van der Waals surface area contributed by atoms with E-state index in [0.717, 1.165) is 33.4 Å². The Hall–Kier alpha value is -5.12. The van der Waals surface area contributed by atoms with Crippen LogP contribution in [0.15, 0.2) is 182 Å². The summed E-state index contributed by atoms with van der Waals surface area (Å²) in [6, 6.07) is 58.6. The smallest absolute Gasteiger partial charge is 0.187 e. The summed E-state index contributed by atoms with van der Waals surface area (Å²) < 4.78 is 59.6. The van der Waals surface area contributed by atoms with Gasteiger partial charge in [0.2, 0.25) is 0 Å². The van der Waals surface area contributed by atoms with Crippen molar-refractivity contribution in [2.75, 3.05) is 13.2 Å². The van der Waals surface area contributed by atoms with E-state index < -0.39 is 61.4 Å². The van der Waals surface area contributed by atoms with Crippen LogP contribution in [0.1, 0.15) is 33.4 Å². The predicted molar refractivity (Wildman–Crippen MR) is 243 cm³/mol. The number of aliphatic hydroxyl groups is 2. The average molecular weight is 883 g/mol. The lowest BCUT2D eigenvalue weighted by molar-refractivity contribution is -0.371. The van der Waals surface area contributed by atoms with Gasteiger partial charge >= 0.3 is 0 Å². The van der Waals surface area contributed by atoms with Crippen molar-refractivity contribution in [1.82, 2.24) is 0 Å². The molecule has 2 heterocycles. The quantitative estimate of drug-likeness (QED) is 0.0691. The van der Waals surface area contributed by atoms with E-state index in [1.165, 1.54) is 0 Å². The number of aliphatic hydroxyl groups excluding tert-OH is 2. The van der Waals surface area contributed by atoms with Crippen molar-refractivity contribution < 1.29 is 52.8 Å². The molecule has 0 radical (unpaired) electrons. The van der Waals surface area contributed by atoms with Crippen LogP contribution in [0, 0.1) is 0 Å². The number of hydrogen-bond donors (Lipinski definition) is 2. The molecule has 11 nitrogen and oxygen atoms in total. The van der Waals surface area contributed by atoms with Crippen LogP contribution in [0.5, 0.6) is 0 Å². The molecule has 2 N–H and O–H groups in total. The van der Waals surface area contributed by atoms with Gasteiger partial charge in [0, 0.05) is 0 Å². The second kappa shape index (κ2) is 24.4. The zero-order chi connectivity index (χ0) is 44.5. The number of rotatable bonds is 22. The van der Waals surface area contributed by atoms with Crippen molar-refractivity contribution in [2.45, 2.75) is 101 Å². The summed E-state index contributed by atoms with van der Waals surface area (Å²) in [5, 5.41) is 24.0. The lowest BCUT2D eigenvalue weighted by atomic mass is 9.96. The van der Waals surface area contributed by atoms with Gasteiger partial charge in [-0.25, -0.2) is 0 Å². The monoisotopic (exact) mass is 882 g/mol. The fourth-order valence-electron chi connectivity index (χ4n) is 8.02. The highest BCUT2D eigenvalue weighted by atomic mass is 16.7. The maximum absolute atomic E-state index is 12.2. The van der Waals surface area contributed by atoms with Crippen LogP contribution in [-0.4, -0.2) is 84.8 Å². The van der Waals surface area contributed by atoms with Gasteiger partial charge in [-0.3, -0.25) is 0 Å². The van der Waals surface area contributed by atoms with Gasteiger partial charge < -0.3 is 52.8 Å². The topological polar surface area (TPSA) is 124 Å². The van der Waals surface area contributed by atoms with Crippen LogP contribution in [0.4, 0.5) is 0 Å². The summed E-state index contributed by atoms with van der Waals surface area (Å²) in [6.07, 6.45) is -10.4. The molecule has 6 aromatic rings. The Morgan fingerprint density at radius 3 is 1.09 bits per heavy atom. The second-order valence-electron chi connectivity index (χ2n) is 16.2. The molecule has 0 amide bonds. The third-order valence-corrected chi connectivity index (χ3v) is 11.4. The van der Waals surface area contributed by atoms with Crippen molar-refractivity contribution in [3.63, 3.8) is 0 Å². The van der Waals surface area contributed by atoms with Gasteiger partial charge in [0.15, 0.2) is 12.6 Å². The van der Waals surface area contributed by atoms with Crippen molar-refractivity contribution in [2.24, 2.45) is 0 Å². The minimum absolute atomic E-state index is 0.0206. The van der Waals surface area contributed by atoms with Crippen molar-refractivity contribution in [3.05, 3.63) is 215 Å². The summed E-state index contributed by atoms with van der Waals surface area (Å²) >= 11 is 0. The van der Waals surface area contributed by atoms with Gasteiger partial charge in [-0.15, -0.1) is 0 Å². The highest BCUT2D eigenvalue weighted by Crippen LogP contribution is 2.35. The molecule has 2 saturated heterocycles. The molecule has 0 saturated carbocycles. The van der Waals surface area contributed by atoms with Gasteiger partial charge in [-0.05, 0) is 33.4 Å². The van der Waals surface area contributed by atoms with E-state index in [1.807, 2.05) is 182 Å². The molecule has 11 heteroatoms. The Balaban J connectivity index is 1.14. The van der Waals surface area contributed by atoms with E-state index >= 15 is 0 Å². The number of ether oxygens (including phenoxy) is 9. The first-order chi connectivity index (χ1) is 32.1. The summed E-state index contributed by atoms with van der Waals surface area (Å²) in [7, 11) is 0. The Labute approximate surface area is 381 Å². The van der Waals surface area contributed by atoms with E-state index in [2.05, 4.69) is 0 Å². The highest BCUT2D eigenvalue weighted by molar-refractivity contribution is 5.18. The van der Waals surface area contributed by atoms with Crippen molar-refractivity contribution in [1.29, 1.82) is 0 Å². The molecule has 6 aromatic carbocycles. The molecule has 8 rings (SSSR count). The molecule has 10 atom stereocenters. The Morgan fingerprint density at radius 1 is 0.338 bits per heavy atom. The van der Waals surface area contributed by atoms with Gasteiger partial charge in [0.25, 0.3) is 0 Å². The first-order valence-corrected chi connectivity index (χ1v) is 22.3.